The number of aryl methyl sites for hydroxylation is 1. The average Bonchev–Trinajstić information content (AvgIpc) is 2.91. The molecule has 0 fully saturated rings. The zero-order chi connectivity index (χ0) is 14.7. The van der Waals surface area contributed by atoms with E-state index in [1.54, 1.807) is 26.4 Å². The molecule has 0 atom stereocenters. The summed E-state index contributed by atoms with van der Waals surface area (Å²) in [6.45, 7) is 1.92. The van der Waals surface area contributed by atoms with E-state index in [1.807, 2.05) is 13.0 Å². The summed E-state index contributed by atoms with van der Waals surface area (Å²) in [5, 5.41) is 9.81. The lowest BCUT2D eigenvalue weighted by Gasteiger charge is -2.08. The van der Waals surface area contributed by atoms with Crippen LogP contribution in [0.25, 0.3) is 10.6 Å². The number of nitrogens with zero attached hydrogens (tertiary/aromatic N) is 1. The van der Waals surface area contributed by atoms with Crippen molar-refractivity contribution < 1.29 is 19.4 Å². The standard InChI is InChI=1S/C14H15NO4S/c1-4-11-12(14(16)17)15-13(20-11)8-5-6-9(18-2)10(7-8)19-3/h5-7H,4H2,1-3H3,(H,16,17). The summed E-state index contributed by atoms with van der Waals surface area (Å²) in [6.07, 6.45) is 0.645. The minimum Gasteiger partial charge on any atom is -0.493 e. The minimum atomic E-state index is -0.996. The SMILES string of the molecule is CCc1sc(-c2ccc(OC)c(OC)c2)nc1C(=O)O. The molecule has 2 rings (SSSR count). The molecule has 6 heteroatoms. The van der Waals surface area contributed by atoms with E-state index in [2.05, 4.69) is 4.98 Å². The predicted molar refractivity (Wildman–Crippen MR) is 77.0 cm³/mol. The molecule has 0 saturated carbocycles. The fourth-order valence-electron chi connectivity index (χ4n) is 1.85. The molecule has 1 heterocycles. The monoisotopic (exact) mass is 293 g/mol. The number of hydrogen-bond acceptors (Lipinski definition) is 5. The third-order valence-corrected chi connectivity index (χ3v) is 4.10. The van der Waals surface area contributed by atoms with Crippen LogP contribution in [0, 0.1) is 0 Å². The van der Waals surface area contributed by atoms with Gasteiger partial charge in [-0.05, 0) is 24.6 Å². The van der Waals surface area contributed by atoms with Crippen molar-refractivity contribution in [1.29, 1.82) is 0 Å². The Kier molecular flexibility index (Phi) is 4.24. The van der Waals surface area contributed by atoms with Crippen molar-refractivity contribution in [2.24, 2.45) is 0 Å². The first-order valence-electron chi connectivity index (χ1n) is 6.06. The zero-order valence-electron chi connectivity index (χ0n) is 11.5. The molecule has 0 spiro atoms. The maximum atomic E-state index is 11.1. The van der Waals surface area contributed by atoms with Crippen molar-refractivity contribution in [3.63, 3.8) is 0 Å². The topological polar surface area (TPSA) is 68.7 Å². The Morgan fingerprint density at radius 1 is 1.30 bits per heavy atom. The summed E-state index contributed by atoms with van der Waals surface area (Å²) in [5.74, 6) is 0.224. The van der Waals surface area contributed by atoms with Gasteiger partial charge in [-0.2, -0.15) is 0 Å². The van der Waals surface area contributed by atoms with Crippen molar-refractivity contribution in [3.05, 3.63) is 28.8 Å². The quantitative estimate of drug-likeness (QED) is 0.917. The first-order chi connectivity index (χ1) is 9.60. The van der Waals surface area contributed by atoms with Gasteiger partial charge in [-0.1, -0.05) is 6.92 Å². The summed E-state index contributed by atoms with van der Waals surface area (Å²) >= 11 is 1.39. The van der Waals surface area contributed by atoms with Gasteiger partial charge in [-0.3, -0.25) is 0 Å². The summed E-state index contributed by atoms with van der Waals surface area (Å²) in [6, 6.07) is 5.41. The zero-order valence-corrected chi connectivity index (χ0v) is 12.3. The van der Waals surface area contributed by atoms with E-state index < -0.39 is 5.97 Å². The maximum Gasteiger partial charge on any atom is 0.355 e. The molecule has 1 aromatic heterocycles. The average molecular weight is 293 g/mol. The number of aromatic carboxylic acids is 1. The number of hydrogen-bond donors (Lipinski definition) is 1. The van der Waals surface area contributed by atoms with Gasteiger partial charge in [0.2, 0.25) is 0 Å². The second-order valence-electron chi connectivity index (χ2n) is 4.02. The Morgan fingerprint density at radius 3 is 2.50 bits per heavy atom. The van der Waals surface area contributed by atoms with Crippen molar-refractivity contribution >= 4 is 17.3 Å². The van der Waals surface area contributed by atoms with E-state index in [1.165, 1.54) is 11.3 Å². The van der Waals surface area contributed by atoms with E-state index in [-0.39, 0.29) is 5.69 Å². The molecule has 0 radical (unpaired) electrons. The van der Waals surface area contributed by atoms with Crippen LogP contribution in [0.3, 0.4) is 0 Å². The Labute approximate surface area is 120 Å². The summed E-state index contributed by atoms with van der Waals surface area (Å²) in [5.41, 5.74) is 0.942. The molecule has 2 aromatic rings. The summed E-state index contributed by atoms with van der Waals surface area (Å²) < 4.78 is 10.4. The fraction of sp³-hybridized carbons (Fsp3) is 0.286. The van der Waals surface area contributed by atoms with Crippen molar-refractivity contribution in [3.8, 4) is 22.1 Å². The molecule has 1 aromatic carbocycles. The van der Waals surface area contributed by atoms with E-state index in [0.29, 0.717) is 22.9 Å². The second-order valence-corrected chi connectivity index (χ2v) is 5.10. The number of rotatable bonds is 5. The van der Waals surface area contributed by atoms with Crippen LogP contribution in [0.1, 0.15) is 22.3 Å². The number of carboxylic acids is 1. The summed E-state index contributed by atoms with van der Waals surface area (Å²) in [4.78, 5) is 16.1. The van der Waals surface area contributed by atoms with E-state index >= 15 is 0 Å². The number of carbonyl (C=O) groups is 1. The van der Waals surface area contributed by atoms with Gasteiger partial charge in [0.15, 0.2) is 17.2 Å². The van der Waals surface area contributed by atoms with Crippen LogP contribution in [-0.4, -0.2) is 30.3 Å². The van der Waals surface area contributed by atoms with Crippen LogP contribution in [0.15, 0.2) is 18.2 Å². The van der Waals surface area contributed by atoms with Gasteiger partial charge in [0.25, 0.3) is 0 Å². The van der Waals surface area contributed by atoms with Gasteiger partial charge >= 0.3 is 5.97 Å². The van der Waals surface area contributed by atoms with Crippen LogP contribution >= 0.6 is 11.3 Å². The number of ether oxygens (including phenoxy) is 2. The lowest BCUT2D eigenvalue weighted by atomic mass is 10.2. The molecule has 0 saturated heterocycles. The molecule has 0 aliphatic heterocycles. The highest BCUT2D eigenvalue weighted by atomic mass is 32.1. The first-order valence-corrected chi connectivity index (χ1v) is 6.87. The molecule has 5 nitrogen and oxygen atoms in total. The van der Waals surface area contributed by atoms with Crippen LogP contribution in [0.4, 0.5) is 0 Å². The molecule has 0 amide bonds. The van der Waals surface area contributed by atoms with Crippen molar-refractivity contribution in [2.75, 3.05) is 14.2 Å². The Bertz CT molecular complexity index is 636. The molecule has 0 bridgehead atoms. The van der Waals surface area contributed by atoms with Crippen LogP contribution < -0.4 is 9.47 Å². The molecular weight excluding hydrogens is 278 g/mol. The van der Waals surface area contributed by atoms with Gasteiger partial charge in [-0.25, -0.2) is 9.78 Å². The largest absolute Gasteiger partial charge is 0.493 e. The molecule has 106 valence electrons. The summed E-state index contributed by atoms with van der Waals surface area (Å²) in [7, 11) is 3.13. The van der Waals surface area contributed by atoms with Crippen molar-refractivity contribution in [1.82, 2.24) is 4.98 Å². The first kappa shape index (κ1) is 14.3. The van der Waals surface area contributed by atoms with Crippen LogP contribution in [0.2, 0.25) is 0 Å². The second kappa shape index (κ2) is 5.92. The normalized spacial score (nSPS) is 10.3. The van der Waals surface area contributed by atoms with E-state index in [0.717, 1.165) is 10.4 Å². The van der Waals surface area contributed by atoms with Gasteiger partial charge in [-0.15, -0.1) is 11.3 Å². The Balaban J connectivity index is 2.48. The highest BCUT2D eigenvalue weighted by Gasteiger charge is 2.17. The molecule has 0 aliphatic rings. The van der Waals surface area contributed by atoms with Crippen LogP contribution in [0.5, 0.6) is 11.5 Å². The third kappa shape index (κ3) is 2.60. The smallest absolute Gasteiger partial charge is 0.355 e. The van der Waals surface area contributed by atoms with Crippen LogP contribution in [-0.2, 0) is 6.42 Å². The van der Waals surface area contributed by atoms with Crippen molar-refractivity contribution in [2.45, 2.75) is 13.3 Å². The number of benzene rings is 1. The molecule has 0 unspecified atom stereocenters. The number of methoxy groups -OCH3 is 2. The Hall–Kier alpha value is -2.08. The van der Waals surface area contributed by atoms with E-state index in [4.69, 9.17) is 14.6 Å². The van der Waals surface area contributed by atoms with Gasteiger partial charge in [0.05, 0.1) is 14.2 Å². The number of carboxylic acid groups (broad SMARTS) is 1. The molecular formula is C14H15NO4S. The molecule has 0 aliphatic carbocycles. The fourth-order valence-corrected chi connectivity index (χ4v) is 2.84. The molecule has 20 heavy (non-hydrogen) atoms. The highest BCUT2D eigenvalue weighted by molar-refractivity contribution is 7.15. The third-order valence-electron chi connectivity index (χ3n) is 2.85. The maximum absolute atomic E-state index is 11.1. The minimum absolute atomic E-state index is 0.127. The van der Waals surface area contributed by atoms with Gasteiger partial charge in [0.1, 0.15) is 5.01 Å². The number of aromatic nitrogens is 1. The molecule has 1 N–H and O–H groups in total. The lowest BCUT2D eigenvalue weighted by Crippen LogP contribution is -2.00. The van der Waals surface area contributed by atoms with E-state index in [9.17, 15) is 4.79 Å². The van der Waals surface area contributed by atoms with Gasteiger partial charge in [0, 0.05) is 10.4 Å². The van der Waals surface area contributed by atoms with Gasteiger partial charge < -0.3 is 14.6 Å². The predicted octanol–water partition coefficient (Wildman–Crippen LogP) is 3.09. The lowest BCUT2D eigenvalue weighted by molar-refractivity contribution is 0.0690. The number of thiazole rings is 1. The highest BCUT2D eigenvalue weighted by Crippen LogP contribution is 2.35. The Morgan fingerprint density at radius 2 is 2.00 bits per heavy atom.